The zero-order valence-electron chi connectivity index (χ0n) is 15.0. The van der Waals surface area contributed by atoms with Crippen molar-refractivity contribution in [1.29, 1.82) is 0 Å². The molecule has 0 aliphatic carbocycles. The summed E-state index contributed by atoms with van der Waals surface area (Å²) < 4.78 is 134. The van der Waals surface area contributed by atoms with Gasteiger partial charge in [-0.05, 0) is 18.3 Å². The highest BCUT2D eigenvalue weighted by Crippen LogP contribution is 2.54. The summed E-state index contributed by atoms with van der Waals surface area (Å²) >= 11 is 0. The molecular formula is C13H22F9NO3S. The Morgan fingerprint density at radius 3 is 1.22 bits per heavy atom. The Labute approximate surface area is 151 Å². The van der Waals surface area contributed by atoms with E-state index in [1.54, 1.807) is 0 Å². The predicted molar refractivity (Wildman–Crippen MR) is 79.3 cm³/mol. The third-order valence-electron chi connectivity index (χ3n) is 4.20. The number of rotatable bonds is 6. The Balaban J connectivity index is 0. The van der Waals surface area contributed by atoms with Crippen LogP contribution in [-0.4, -0.2) is 41.8 Å². The molecule has 0 fully saturated rings. The lowest BCUT2D eigenvalue weighted by Crippen LogP contribution is -2.63. The molecule has 0 saturated heterocycles. The molecular weight excluding hydrogens is 421 g/mol. The topological polar surface area (TPSA) is 80.4 Å². The number of alkyl halides is 9. The molecule has 166 valence electrons. The number of hydrogen-bond donors (Lipinski definition) is 2. The minimum atomic E-state index is -7.37. The maximum Gasteiger partial charge on any atom is 0.460 e. The summed E-state index contributed by atoms with van der Waals surface area (Å²) in [5, 5.41) is -7.00. The van der Waals surface area contributed by atoms with E-state index < -0.39 is 33.4 Å². The van der Waals surface area contributed by atoms with E-state index in [-0.39, 0.29) is 5.54 Å². The summed E-state index contributed by atoms with van der Waals surface area (Å²) in [5.74, 6) is -13.6. The van der Waals surface area contributed by atoms with Gasteiger partial charge >= 0.3 is 33.4 Å². The van der Waals surface area contributed by atoms with Crippen LogP contribution >= 0.6 is 0 Å². The van der Waals surface area contributed by atoms with Gasteiger partial charge in [0.2, 0.25) is 0 Å². The van der Waals surface area contributed by atoms with Crippen LogP contribution in [0.2, 0.25) is 0 Å². The van der Waals surface area contributed by atoms with Gasteiger partial charge in [0.1, 0.15) is 0 Å². The molecule has 0 bridgehead atoms. The highest BCUT2D eigenvalue weighted by Gasteiger charge is 2.85. The highest BCUT2D eigenvalue weighted by molar-refractivity contribution is 7.87. The van der Waals surface area contributed by atoms with E-state index in [2.05, 4.69) is 34.6 Å². The fourth-order valence-corrected chi connectivity index (χ4v) is 2.46. The Morgan fingerprint density at radius 2 is 1.11 bits per heavy atom. The Kier molecular flexibility index (Phi) is 8.76. The summed E-state index contributed by atoms with van der Waals surface area (Å²) in [6.07, 6.45) is -6.06. The lowest BCUT2D eigenvalue weighted by Gasteiger charge is -2.36. The molecule has 0 unspecified atom stereocenters. The van der Waals surface area contributed by atoms with Crippen molar-refractivity contribution in [3.8, 4) is 0 Å². The summed E-state index contributed by atoms with van der Waals surface area (Å²) in [6, 6.07) is 0. The van der Waals surface area contributed by atoms with Gasteiger partial charge in [0.15, 0.2) is 0 Å². The molecule has 0 aliphatic rings. The lowest BCUT2D eigenvalue weighted by atomic mass is 9.76. The zero-order valence-corrected chi connectivity index (χ0v) is 15.8. The molecule has 0 aromatic rings. The molecule has 3 N–H and O–H groups in total. The summed E-state index contributed by atoms with van der Waals surface area (Å²) in [6.45, 7) is 11.0. The van der Waals surface area contributed by atoms with Crippen molar-refractivity contribution in [2.24, 2.45) is 17.6 Å². The largest absolute Gasteiger partial charge is 0.460 e. The van der Waals surface area contributed by atoms with Crippen LogP contribution in [0.4, 0.5) is 39.5 Å². The molecule has 0 aliphatic heterocycles. The second-order valence-corrected chi connectivity index (χ2v) is 7.88. The maximum atomic E-state index is 12.2. The number of halogens is 9. The molecule has 27 heavy (non-hydrogen) atoms. The number of nitrogens with two attached hydrogens (primary N) is 1. The van der Waals surface area contributed by atoms with Crippen LogP contribution in [0.25, 0.3) is 0 Å². The van der Waals surface area contributed by atoms with E-state index in [0.717, 1.165) is 6.42 Å². The van der Waals surface area contributed by atoms with Crippen LogP contribution in [0.15, 0.2) is 0 Å². The van der Waals surface area contributed by atoms with Crippen molar-refractivity contribution in [3.05, 3.63) is 0 Å². The van der Waals surface area contributed by atoms with Gasteiger partial charge in [-0.1, -0.05) is 34.6 Å². The molecule has 0 heterocycles. The molecule has 0 radical (unpaired) electrons. The standard InChI is InChI=1S/C9H21N.C4HF9O3S/c1-6-9(10,7(2)3)8(4)5;5-1(6,3(9,10)11)2(7,8)4(12,13)17(14,15)16/h7-8H,6,10H2,1-5H3;(H,14,15,16). The van der Waals surface area contributed by atoms with E-state index in [9.17, 15) is 47.9 Å². The molecule has 0 aromatic heterocycles. The molecule has 0 saturated carbocycles. The van der Waals surface area contributed by atoms with Gasteiger partial charge in [0.05, 0.1) is 0 Å². The van der Waals surface area contributed by atoms with Crippen LogP contribution in [-0.2, 0) is 10.1 Å². The van der Waals surface area contributed by atoms with E-state index in [1.807, 2.05) is 0 Å². The van der Waals surface area contributed by atoms with Gasteiger partial charge < -0.3 is 5.73 Å². The Bertz CT molecular complexity index is 578. The third kappa shape index (κ3) is 5.40. The van der Waals surface area contributed by atoms with Gasteiger partial charge in [0.25, 0.3) is 0 Å². The molecule has 0 spiro atoms. The van der Waals surface area contributed by atoms with Crippen LogP contribution < -0.4 is 5.73 Å². The average molecular weight is 443 g/mol. The summed E-state index contributed by atoms with van der Waals surface area (Å²) in [7, 11) is -7.17. The second-order valence-electron chi connectivity index (χ2n) is 6.41. The first kappa shape index (κ1) is 28.4. The van der Waals surface area contributed by atoms with E-state index >= 15 is 0 Å². The first-order valence-electron chi connectivity index (χ1n) is 7.41. The van der Waals surface area contributed by atoms with Crippen molar-refractivity contribution >= 4 is 10.1 Å². The number of hydrogen-bond acceptors (Lipinski definition) is 3. The van der Waals surface area contributed by atoms with E-state index in [1.165, 1.54) is 0 Å². The molecule has 0 aromatic carbocycles. The monoisotopic (exact) mass is 443 g/mol. The first-order valence-corrected chi connectivity index (χ1v) is 8.85. The lowest BCUT2D eigenvalue weighted by molar-refractivity contribution is -0.382. The molecule has 0 amide bonds. The fourth-order valence-electron chi connectivity index (χ4n) is 2.01. The van der Waals surface area contributed by atoms with Gasteiger partial charge in [-0.25, -0.2) is 0 Å². The van der Waals surface area contributed by atoms with Gasteiger partial charge in [-0.15, -0.1) is 0 Å². The molecule has 14 heteroatoms. The van der Waals surface area contributed by atoms with Crippen molar-refractivity contribution in [1.82, 2.24) is 0 Å². The summed E-state index contributed by atoms with van der Waals surface area (Å²) in [4.78, 5) is 0. The predicted octanol–water partition coefficient (Wildman–Crippen LogP) is 4.71. The highest BCUT2D eigenvalue weighted by atomic mass is 32.2. The zero-order chi connectivity index (χ0) is 22.9. The van der Waals surface area contributed by atoms with Crippen molar-refractivity contribution in [2.75, 3.05) is 0 Å². The molecule has 4 nitrogen and oxygen atoms in total. The third-order valence-corrected chi connectivity index (χ3v) is 5.11. The van der Waals surface area contributed by atoms with Gasteiger partial charge in [0, 0.05) is 5.54 Å². The van der Waals surface area contributed by atoms with Crippen molar-refractivity contribution in [2.45, 2.75) is 69.9 Å². The van der Waals surface area contributed by atoms with Crippen LogP contribution in [0.3, 0.4) is 0 Å². The van der Waals surface area contributed by atoms with Crippen LogP contribution in [0.5, 0.6) is 0 Å². The Morgan fingerprint density at radius 1 is 0.815 bits per heavy atom. The smallest absolute Gasteiger partial charge is 0.325 e. The quantitative estimate of drug-likeness (QED) is 0.461. The average Bonchev–Trinajstić information content (AvgIpc) is 2.43. The van der Waals surface area contributed by atoms with E-state index in [0.29, 0.717) is 11.8 Å². The molecule has 0 rings (SSSR count). The van der Waals surface area contributed by atoms with Gasteiger partial charge in [-0.2, -0.15) is 47.9 Å². The van der Waals surface area contributed by atoms with Crippen LogP contribution in [0.1, 0.15) is 41.0 Å². The normalized spacial score (nSPS) is 15.0. The van der Waals surface area contributed by atoms with Gasteiger partial charge in [-0.3, -0.25) is 4.55 Å². The maximum absolute atomic E-state index is 12.2. The fraction of sp³-hybridized carbons (Fsp3) is 1.00. The van der Waals surface area contributed by atoms with E-state index in [4.69, 9.17) is 10.3 Å². The summed E-state index contributed by atoms with van der Waals surface area (Å²) in [5.41, 5.74) is 6.22. The van der Waals surface area contributed by atoms with Crippen molar-refractivity contribution in [3.63, 3.8) is 0 Å². The van der Waals surface area contributed by atoms with Crippen molar-refractivity contribution < 1.29 is 52.5 Å². The minimum Gasteiger partial charge on any atom is -0.325 e. The first-order chi connectivity index (χ1) is 11.4. The minimum absolute atomic E-state index is 0.0417. The molecule has 0 atom stereocenters. The second kappa shape index (κ2) is 8.31. The SMILES string of the molecule is CCC(N)(C(C)C)C(C)C.O=S(=O)(O)C(F)(F)C(F)(F)C(F)(F)C(F)(F)F. The Hall–Kier alpha value is -0.760. The van der Waals surface area contributed by atoms with Crippen LogP contribution in [0, 0.1) is 11.8 Å².